The Kier molecular flexibility index (Phi) is 5.76. The molecule has 1 aromatic heterocycles. The molecule has 0 amide bonds. The molecule has 0 atom stereocenters. The van der Waals surface area contributed by atoms with Crippen molar-refractivity contribution in [2.24, 2.45) is 0 Å². The van der Waals surface area contributed by atoms with E-state index in [2.05, 4.69) is 21.6 Å². The molecular weight excluding hydrogens is 391 g/mol. The molecule has 0 saturated carbocycles. The third-order valence-electron chi connectivity index (χ3n) is 3.73. The summed E-state index contributed by atoms with van der Waals surface area (Å²) in [7, 11) is 0. The fourth-order valence-corrected chi connectivity index (χ4v) is 3.58. The molecule has 0 aliphatic carbocycles. The number of rotatable bonds is 6. The molecule has 3 rings (SSSR count). The van der Waals surface area contributed by atoms with Crippen LogP contribution in [0, 0.1) is 0 Å². The highest BCUT2D eigenvalue weighted by Gasteiger charge is 2.30. The number of benzene rings is 2. The molecule has 0 bridgehead atoms. The molecule has 27 heavy (non-hydrogen) atoms. The number of anilines is 2. The van der Waals surface area contributed by atoms with Crippen LogP contribution >= 0.6 is 23.3 Å². The standard InChI is InChI=1S/C19H16F3N3S2/c1-12(15-5-3-4-6-16(15)25-26-2)23-18-24-17(11-27-18)13-7-9-14(10-8-13)19(20,21)22/h3-11,25H,1H2,2H3,(H,23,24). The van der Waals surface area contributed by atoms with Crippen molar-refractivity contribution in [3.63, 3.8) is 0 Å². The lowest BCUT2D eigenvalue weighted by Crippen LogP contribution is -2.04. The zero-order chi connectivity index (χ0) is 19.4. The van der Waals surface area contributed by atoms with E-state index in [9.17, 15) is 13.2 Å². The number of hydrogen-bond acceptors (Lipinski definition) is 5. The second kappa shape index (κ2) is 8.06. The van der Waals surface area contributed by atoms with Crippen molar-refractivity contribution in [1.29, 1.82) is 0 Å². The van der Waals surface area contributed by atoms with Crippen LogP contribution in [0.5, 0.6) is 0 Å². The summed E-state index contributed by atoms with van der Waals surface area (Å²) in [6.07, 6.45) is -2.41. The molecule has 2 aromatic carbocycles. The Hall–Kier alpha value is -2.45. The third-order valence-corrected chi connectivity index (χ3v) is 4.92. The van der Waals surface area contributed by atoms with Crippen LogP contribution in [0.1, 0.15) is 11.1 Å². The number of alkyl halides is 3. The van der Waals surface area contributed by atoms with Crippen molar-refractivity contribution in [2.45, 2.75) is 6.18 Å². The van der Waals surface area contributed by atoms with Gasteiger partial charge < -0.3 is 10.0 Å². The van der Waals surface area contributed by atoms with Gasteiger partial charge in [-0.3, -0.25) is 0 Å². The van der Waals surface area contributed by atoms with Crippen molar-refractivity contribution in [1.82, 2.24) is 4.98 Å². The molecule has 3 aromatic rings. The minimum Gasteiger partial charge on any atom is -0.331 e. The number of aromatic nitrogens is 1. The van der Waals surface area contributed by atoms with Crippen LogP contribution in [0.25, 0.3) is 17.0 Å². The summed E-state index contributed by atoms with van der Waals surface area (Å²) in [4.78, 5) is 4.45. The smallest absolute Gasteiger partial charge is 0.331 e. The van der Waals surface area contributed by atoms with Crippen LogP contribution < -0.4 is 10.0 Å². The van der Waals surface area contributed by atoms with Gasteiger partial charge in [0.2, 0.25) is 0 Å². The monoisotopic (exact) mass is 407 g/mol. The molecule has 0 radical (unpaired) electrons. The van der Waals surface area contributed by atoms with Crippen molar-refractivity contribution in [3.8, 4) is 11.3 Å². The van der Waals surface area contributed by atoms with Gasteiger partial charge in [0, 0.05) is 28.5 Å². The van der Waals surface area contributed by atoms with E-state index < -0.39 is 11.7 Å². The van der Waals surface area contributed by atoms with Crippen molar-refractivity contribution in [2.75, 3.05) is 16.3 Å². The van der Waals surface area contributed by atoms with Gasteiger partial charge in [0.05, 0.1) is 16.9 Å². The van der Waals surface area contributed by atoms with Crippen LogP contribution in [0.2, 0.25) is 0 Å². The van der Waals surface area contributed by atoms with E-state index in [0.717, 1.165) is 23.4 Å². The highest BCUT2D eigenvalue weighted by molar-refractivity contribution is 7.99. The first-order valence-electron chi connectivity index (χ1n) is 7.86. The van der Waals surface area contributed by atoms with E-state index in [4.69, 9.17) is 0 Å². The van der Waals surface area contributed by atoms with Gasteiger partial charge >= 0.3 is 6.18 Å². The summed E-state index contributed by atoms with van der Waals surface area (Å²) >= 11 is 2.85. The Morgan fingerprint density at radius 3 is 2.48 bits per heavy atom. The minimum atomic E-state index is -4.34. The van der Waals surface area contributed by atoms with E-state index in [-0.39, 0.29) is 0 Å². The van der Waals surface area contributed by atoms with E-state index in [0.29, 0.717) is 22.1 Å². The summed E-state index contributed by atoms with van der Waals surface area (Å²) in [6.45, 7) is 4.07. The van der Waals surface area contributed by atoms with Gasteiger partial charge in [-0.05, 0) is 18.2 Å². The number of nitrogens with one attached hydrogen (secondary N) is 2. The summed E-state index contributed by atoms with van der Waals surface area (Å²) in [6, 6.07) is 12.7. The SMILES string of the molecule is C=C(Nc1nc(-c2ccc(C(F)(F)F)cc2)cs1)c1ccccc1NSC. The molecular formula is C19H16F3N3S2. The summed E-state index contributed by atoms with van der Waals surface area (Å²) < 4.78 is 41.2. The summed E-state index contributed by atoms with van der Waals surface area (Å²) in [5.41, 5.74) is 3.09. The lowest BCUT2D eigenvalue weighted by molar-refractivity contribution is -0.137. The van der Waals surface area contributed by atoms with Gasteiger partial charge in [-0.1, -0.05) is 48.9 Å². The minimum absolute atomic E-state index is 0.611. The van der Waals surface area contributed by atoms with Gasteiger partial charge in [0.25, 0.3) is 0 Å². The maximum absolute atomic E-state index is 12.7. The van der Waals surface area contributed by atoms with Gasteiger partial charge in [-0.25, -0.2) is 4.98 Å². The van der Waals surface area contributed by atoms with E-state index >= 15 is 0 Å². The maximum atomic E-state index is 12.7. The molecule has 2 N–H and O–H groups in total. The lowest BCUT2D eigenvalue weighted by atomic mass is 10.1. The fraction of sp³-hybridized carbons (Fsp3) is 0.105. The number of para-hydroxylation sites is 1. The second-order valence-corrected chi connectivity index (χ2v) is 7.04. The predicted octanol–water partition coefficient (Wildman–Crippen LogP) is 6.60. The van der Waals surface area contributed by atoms with Crippen LogP contribution in [0.4, 0.5) is 24.0 Å². The van der Waals surface area contributed by atoms with Crippen LogP contribution in [-0.2, 0) is 6.18 Å². The van der Waals surface area contributed by atoms with Crippen molar-refractivity contribution in [3.05, 3.63) is 71.6 Å². The van der Waals surface area contributed by atoms with Crippen molar-refractivity contribution >= 4 is 39.8 Å². The number of nitrogens with zero attached hydrogens (tertiary/aromatic N) is 1. The average molecular weight is 407 g/mol. The molecule has 140 valence electrons. The Morgan fingerprint density at radius 2 is 1.81 bits per heavy atom. The number of thiazole rings is 1. The van der Waals surface area contributed by atoms with Gasteiger partial charge in [0.15, 0.2) is 5.13 Å². The van der Waals surface area contributed by atoms with Crippen LogP contribution in [0.3, 0.4) is 0 Å². The molecule has 0 spiro atoms. The largest absolute Gasteiger partial charge is 0.416 e. The molecule has 0 saturated heterocycles. The maximum Gasteiger partial charge on any atom is 0.416 e. The van der Waals surface area contributed by atoms with E-state index in [1.807, 2.05) is 30.5 Å². The van der Waals surface area contributed by atoms with Crippen LogP contribution in [-0.4, -0.2) is 11.2 Å². The molecule has 0 aliphatic rings. The Bertz CT molecular complexity index is 934. The molecule has 1 heterocycles. The summed E-state index contributed by atoms with van der Waals surface area (Å²) in [5, 5.41) is 5.58. The zero-order valence-electron chi connectivity index (χ0n) is 14.3. The summed E-state index contributed by atoms with van der Waals surface area (Å²) in [5.74, 6) is 0. The van der Waals surface area contributed by atoms with Crippen molar-refractivity contribution < 1.29 is 13.2 Å². The first-order valence-corrected chi connectivity index (χ1v) is 9.96. The third kappa shape index (κ3) is 4.64. The molecule has 3 nitrogen and oxygen atoms in total. The number of hydrogen-bond donors (Lipinski definition) is 2. The molecule has 0 fully saturated rings. The lowest BCUT2D eigenvalue weighted by Gasteiger charge is -2.12. The Morgan fingerprint density at radius 1 is 1.11 bits per heavy atom. The van der Waals surface area contributed by atoms with Gasteiger partial charge in [-0.2, -0.15) is 13.2 Å². The molecule has 0 unspecified atom stereocenters. The highest BCUT2D eigenvalue weighted by Crippen LogP contribution is 2.33. The van der Waals surface area contributed by atoms with Crippen LogP contribution in [0.15, 0.2) is 60.5 Å². The first-order chi connectivity index (χ1) is 12.9. The van der Waals surface area contributed by atoms with Gasteiger partial charge in [0.1, 0.15) is 0 Å². The first kappa shape index (κ1) is 19.3. The fourth-order valence-electron chi connectivity index (χ4n) is 2.44. The Labute approximate surface area is 163 Å². The second-order valence-electron chi connectivity index (χ2n) is 5.57. The average Bonchev–Trinajstić information content (AvgIpc) is 3.10. The highest BCUT2D eigenvalue weighted by atomic mass is 32.2. The topological polar surface area (TPSA) is 37.0 Å². The molecule has 0 aliphatic heterocycles. The number of halogens is 3. The zero-order valence-corrected chi connectivity index (χ0v) is 15.9. The Balaban J connectivity index is 1.76. The van der Waals surface area contributed by atoms with E-state index in [1.165, 1.54) is 35.4 Å². The predicted molar refractivity (Wildman–Crippen MR) is 109 cm³/mol. The quantitative estimate of drug-likeness (QED) is 0.451. The van der Waals surface area contributed by atoms with E-state index in [1.54, 1.807) is 5.38 Å². The normalized spacial score (nSPS) is 11.3. The molecule has 8 heteroatoms. The van der Waals surface area contributed by atoms with Gasteiger partial charge in [-0.15, -0.1) is 11.3 Å².